The molecule has 1 fully saturated rings. The van der Waals surface area contributed by atoms with Gasteiger partial charge in [0.25, 0.3) is 0 Å². The van der Waals surface area contributed by atoms with Crippen LogP contribution in [0.15, 0.2) is 30.5 Å². The third kappa shape index (κ3) is 4.19. The van der Waals surface area contributed by atoms with Crippen molar-refractivity contribution in [1.82, 2.24) is 14.5 Å². The number of hydrogen-bond donors (Lipinski definition) is 0. The number of piperazine rings is 1. The molecule has 0 radical (unpaired) electrons. The first-order chi connectivity index (χ1) is 15.9. The first-order valence-corrected chi connectivity index (χ1v) is 12.5. The molecule has 0 bridgehead atoms. The molecule has 0 amide bonds. The van der Waals surface area contributed by atoms with Crippen molar-refractivity contribution >= 4 is 22.5 Å². The van der Waals surface area contributed by atoms with Gasteiger partial charge in [-0.2, -0.15) is 0 Å². The minimum absolute atomic E-state index is 0.0315. The van der Waals surface area contributed by atoms with Gasteiger partial charge in [-0.25, -0.2) is 4.98 Å². The van der Waals surface area contributed by atoms with Crippen LogP contribution in [-0.2, 0) is 19.4 Å². The molecule has 0 atom stereocenters. The second-order valence-electron chi connectivity index (χ2n) is 10.1. The molecule has 5 heteroatoms. The third-order valence-corrected chi connectivity index (χ3v) is 7.54. The highest BCUT2D eigenvalue weighted by Gasteiger charge is 2.24. The van der Waals surface area contributed by atoms with E-state index >= 15 is 0 Å². The van der Waals surface area contributed by atoms with Crippen molar-refractivity contribution in [3.05, 3.63) is 58.4 Å². The summed E-state index contributed by atoms with van der Waals surface area (Å²) in [5.41, 5.74) is 7.73. The number of carbonyl (C=O) groups excluding carboxylic acids is 1. The van der Waals surface area contributed by atoms with Gasteiger partial charge >= 0.3 is 0 Å². The lowest BCUT2D eigenvalue weighted by Gasteiger charge is -2.35. The van der Waals surface area contributed by atoms with E-state index < -0.39 is 0 Å². The third-order valence-electron chi connectivity index (χ3n) is 7.54. The Labute approximate surface area is 197 Å². The molecule has 174 valence electrons. The number of hydrogen-bond acceptors (Lipinski definition) is 4. The zero-order chi connectivity index (χ0) is 23.1. The Bertz CT molecular complexity index is 1180. The summed E-state index contributed by atoms with van der Waals surface area (Å²) in [6.07, 6.45) is 5.18. The number of carbonyl (C=O) groups is 1. The zero-order valence-corrected chi connectivity index (χ0v) is 20.5. The van der Waals surface area contributed by atoms with Gasteiger partial charge in [0.2, 0.25) is 0 Å². The Morgan fingerprint density at radius 1 is 1.06 bits per heavy atom. The second-order valence-corrected chi connectivity index (χ2v) is 10.1. The van der Waals surface area contributed by atoms with Crippen LogP contribution in [0.3, 0.4) is 0 Å². The van der Waals surface area contributed by atoms with E-state index in [1.165, 1.54) is 33.3 Å². The minimum atomic E-state index is 0.0315. The van der Waals surface area contributed by atoms with E-state index in [1.807, 2.05) is 20.0 Å². The summed E-state index contributed by atoms with van der Waals surface area (Å²) >= 11 is 0. The molecule has 1 aromatic carbocycles. The maximum Gasteiger partial charge on any atom is 0.165 e. The summed E-state index contributed by atoms with van der Waals surface area (Å²) < 4.78 is 2.51. The first-order valence-electron chi connectivity index (χ1n) is 12.5. The van der Waals surface area contributed by atoms with Gasteiger partial charge in [-0.05, 0) is 74.1 Å². The molecule has 0 N–H and O–H groups in total. The summed E-state index contributed by atoms with van der Waals surface area (Å²) in [4.78, 5) is 22.4. The van der Waals surface area contributed by atoms with Crippen LogP contribution in [0.5, 0.6) is 0 Å². The highest BCUT2D eigenvalue weighted by Crippen LogP contribution is 2.35. The molecule has 33 heavy (non-hydrogen) atoms. The Kier molecular flexibility index (Phi) is 6.00. The average Bonchev–Trinajstić information content (AvgIpc) is 3.09. The predicted octanol–water partition coefficient (Wildman–Crippen LogP) is 4.80. The number of anilines is 1. The van der Waals surface area contributed by atoms with E-state index in [4.69, 9.17) is 0 Å². The lowest BCUT2D eigenvalue weighted by Crippen LogP contribution is -2.47. The quantitative estimate of drug-likeness (QED) is 0.512. The number of aryl methyl sites for hydroxylation is 3. The minimum Gasteiger partial charge on any atom is -0.354 e. The van der Waals surface area contributed by atoms with E-state index in [0.717, 1.165) is 69.9 Å². The number of nitrogens with zero attached hydrogens (tertiary/aromatic N) is 4. The van der Waals surface area contributed by atoms with Crippen LogP contribution in [0.2, 0.25) is 0 Å². The van der Waals surface area contributed by atoms with E-state index in [2.05, 4.69) is 57.5 Å². The number of rotatable bonds is 6. The lowest BCUT2D eigenvalue weighted by atomic mass is 9.93. The summed E-state index contributed by atoms with van der Waals surface area (Å²) in [7, 11) is 0. The van der Waals surface area contributed by atoms with Gasteiger partial charge in [-0.15, -0.1) is 0 Å². The molecule has 3 aromatic rings. The fourth-order valence-corrected chi connectivity index (χ4v) is 5.62. The smallest absolute Gasteiger partial charge is 0.165 e. The monoisotopic (exact) mass is 444 g/mol. The van der Waals surface area contributed by atoms with Crippen molar-refractivity contribution in [1.29, 1.82) is 0 Å². The van der Waals surface area contributed by atoms with Crippen LogP contribution in [0.25, 0.3) is 10.9 Å². The number of aromatic nitrogens is 2. The van der Waals surface area contributed by atoms with Crippen molar-refractivity contribution in [3.8, 4) is 0 Å². The van der Waals surface area contributed by atoms with Crippen LogP contribution < -0.4 is 4.90 Å². The molecule has 0 aliphatic carbocycles. The molecule has 5 rings (SSSR count). The molecule has 2 aromatic heterocycles. The predicted molar refractivity (Wildman–Crippen MR) is 135 cm³/mol. The average molecular weight is 445 g/mol. The van der Waals surface area contributed by atoms with Gasteiger partial charge in [0.05, 0.1) is 5.52 Å². The molecule has 5 nitrogen and oxygen atoms in total. The number of benzene rings is 1. The van der Waals surface area contributed by atoms with Crippen molar-refractivity contribution in [2.75, 3.05) is 37.6 Å². The van der Waals surface area contributed by atoms with Gasteiger partial charge in [0.1, 0.15) is 5.82 Å². The van der Waals surface area contributed by atoms with Gasteiger partial charge in [0, 0.05) is 68.0 Å². The van der Waals surface area contributed by atoms with E-state index in [1.54, 1.807) is 0 Å². The zero-order valence-electron chi connectivity index (χ0n) is 20.5. The number of ketones is 1. The van der Waals surface area contributed by atoms with Crippen LogP contribution in [0.1, 0.15) is 53.0 Å². The maximum absolute atomic E-state index is 12.8. The fourth-order valence-electron chi connectivity index (χ4n) is 5.62. The topological polar surface area (TPSA) is 41.4 Å². The Morgan fingerprint density at radius 2 is 1.85 bits per heavy atom. The van der Waals surface area contributed by atoms with Gasteiger partial charge < -0.3 is 9.47 Å². The fraction of sp³-hybridized carbons (Fsp3) is 0.500. The summed E-state index contributed by atoms with van der Waals surface area (Å²) in [6, 6.07) is 8.60. The van der Waals surface area contributed by atoms with Gasteiger partial charge in [-0.3, -0.25) is 9.69 Å². The molecule has 1 saturated heterocycles. The standard InChI is InChI=1S/C28H36N4O/c1-19(2)28(33)23-17-22-6-5-10-32-21(4)24(25(18-23)27(22)32)8-11-30-12-14-31(15-13-30)26-16-20(3)7-9-29-26/h7,9,16-19H,5-6,8,10-15H2,1-4H3. The van der Waals surface area contributed by atoms with Gasteiger partial charge in [-0.1, -0.05) is 13.8 Å². The normalized spacial score (nSPS) is 16.7. The molecule has 4 heterocycles. The number of pyridine rings is 1. The molecular weight excluding hydrogens is 408 g/mol. The second kappa shape index (κ2) is 8.94. The van der Waals surface area contributed by atoms with Crippen molar-refractivity contribution < 1.29 is 4.79 Å². The molecular formula is C28H36N4O. The van der Waals surface area contributed by atoms with Crippen LogP contribution >= 0.6 is 0 Å². The molecule has 0 saturated carbocycles. The van der Waals surface area contributed by atoms with Crippen LogP contribution in [0, 0.1) is 19.8 Å². The summed E-state index contributed by atoms with van der Waals surface area (Å²) in [6.45, 7) is 14.7. The summed E-state index contributed by atoms with van der Waals surface area (Å²) in [5, 5.41) is 1.32. The summed E-state index contributed by atoms with van der Waals surface area (Å²) in [5.74, 6) is 1.39. The highest BCUT2D eigenvalue weighted by atomic mass is 16.1. The van der Waals surface area contributed by atoms with Crippen molar-refractivity contribution in [3.63, 3.8) is 0 Å². The maximum atomic E-state index is 12.8. The lowest BCUT2D eigenvalue weighted by molar-refractivity contribution is 0.0939. The van der Waals surface area contributed by atoms with Crippen molar-refractivity contribution in [2.45, 2.75) is 53.5 Å². The first kappa shape index (κ1) is 22.1. The molecule has 0 spiro atoms. The highest BCUT2D eigenvalue weighted by molar-refractivity contribution is 6.02. The molecule has 2 aliphatic rings. The Hall–Kier alpha value is -2.66. The van der Waals surface area contributed by atoms with E-state index in [9.17, 15) is 4.79 Å². The van der Waals surface area contributed by atoms with Gasteiger partial charge in [0.15, 0.2) is 5.78 Å². The largest absolute Gasteiger partial charge is 0.354 e. The van der Waals surface area contributed by atoms with E-state index in [0.29, 0.717) is 0 Å². The Balaban J connectivity index is 1.34. The SMILES string of the molecule is Cc1ccnc(N2CCN(CCc3c(C)n4c5c(cc(C(=O)C(C)C)cc35)CCC4)CC2)c1. The molecule has 0 unspecified atom stereocenters. The van der Waals surface area contributed by atoms with Crippen LogP contribution in [0.4, 0.5) is 5.82 Å². The molecule has 2 aliphatic heterocycles. The van der Waals surface area contributed by atoms with Crippen molar-refractivity contribution in [2.24, 2.45) is 5.92 Å². The van der Waals surface area contributed by atoms with E-state index in [-0.39, 0.29) is 11.7 Å². The Morgan fingerprint density at radius 3 is 2.58 bits per heavy atom. The van der Waals surface area contributed by atoms with Crippen LogP contribution in [-0.4, -0.2) is 53.0 Å². The number of Topliss-reactive ketones (excluding diaryl/α,β-unsaturated/α-hetero) is 1.